The summed E-state index contributed by atoms with van der Waals surface area (Å²) in [6, 6.07) is 0. The number of rotatable bonds is 5. The Balaban J connectivity index is 1.75. The third kappa shape index (κ3) is 3.78. The highest BCUT2D eigenvalue weighted by atomic mass is 16.4. The zero-order valence-electron chi connectivity index (χ0n) is 11.2. The summed E-state index contributed by atoms with van der Waals surface area (Å²) in [5, 5.41) is 26.6. The van der Waals surface area contributed by atoms with Gasteiger partial charge in [-0.2, -0.15) is 5.10 Å². The second-order valence-electron chi connectivity index (χ2n) is 5.46. The number of nitrogens with one attached hydrogen (secondary N) is 1. The van der Waals surface area contributed by atoms with Crippen molar-refractivity contribution in [2.24, 2.45) is 13.0 Å². The number of carboxylic acid groups (broad SMARTS) is 1. The highest BCUT2D eigenvalue weighted by Crippen LogP contribution is 2.31. The molecule has 1 aromatic heterocycles. The molecule has 6 nitrogen and oxygen atoms in total. The van der Waals surface area contributed by atoms with Crippen LogP contribution in [0.4, 0.5) is 0 Å². The lowest BCUT2D eigenvalue weighted by molar-refractivity contribution is -0.144. The maximum Gasteiger partial charge on any atom is 0.306 e. The molecule has 0 aromatic carbocycles. The lowest BCUT2D eigenvalue weighted by atomic mass is 9.79. The molecule has 1 aliphatic carbocycles. The second kappa shape index (κ2) is 5.71. The minimum atomic E-state index is -0.770. The first kappa shape index (κ1) is 14.0. The van der Waals surface area contributed by atoms with Gasteiger partial charge in [-0.15, -0.1) is 0 Å². The van der Waals surface area contributed by atoms with Crippen molar-refractivity contribution in [3.05, 3.63) is 18.0 Å². The van der Waals surface area contributed by atoms with Crippen LogP contribution in [0.1, 0.15) is 31.2 Å². The SMILES string of the molecule is Cn1cc(CNCC2(O)CCC(C(=O)O)CC2)cn1. The van der Waals surface area contributed by atoms with Crippen molar-refractivity contribution in [2.75, 3.05) is 6.54 Å². The number of carbonyl (C=O) groups is 1. The summed E-state index contributed by atoms with van der Waals surface area (Å²) in [7, 11) is 1.87. The van der Waals surface area contributed by atoms with Gasteiger partial charge >= 0.3 is 5.97 Å². The monoisotopic (exact) mass is 267 g/mol. The van der Waals surface area contributed by atoms with Crippen LogP contribution < -0.4 is 5.32 Å². The van der Waals surface area contributed by atoms with Gasteiger partial charge in [-0.1, -0.05) is 0 Å². The van der Waals surface area contributed by atoms with Gasteiger partial charge in [-0.25, -0.2) is 0 Å². The average molecular weight is 267 g/mol. The van der Waals surface area contributed by atoms with E-state index in [-0.39, 0.29) is 5.92 Å². The molecule has 0 radical (unpaired) electrons. The largest absolute Gasteiger partial charge is 0.481 e. The number of carboxylic acids is 1. The fraction of sp³-hybridized carbons (Fsp3) is 0.692. The van der Waals surface area contributed by atoms with E-state index in [1.807, 2.05) is 13.2 Å². The van der Waals surface area contributed by atoms with Crippen LogP contribution in [0.15, 0.2) is 12.4 Å². The van der Waals surface area contributed by atoms with Crippen LogP contribution in [0.3, 0.4) is 0 Å². The second-order valence-corrected chi connectivity index (χ2v) is 5.46. The summed E-state index contributed by atoms with van der Waals surface area (Å²) in [4.78, 5) is 10.9. The van der Waals surface area contributed by atoms with Crippen molar-refractivity contribution in [3.8, 4) is 0 Å². The van der Waals surface area contributed by atoms with E-state index in [4.69, 9.17) is 5.11 Å². The van der Waals surface area contributed by atoms with Gasteiger partial charge in [0.05, 0.1) is 17.7 Å². The van der Waals surface area contributed by atoms with Crippen molar-refractivity contribution in [2.45, 2.75) is 37.8 Å². The molecule has 1 aromatic rings. The molecule has 0 amide bonds. The molecule has 0 atom stereocenters. The Morgan fingerprint density at radius 1 is 1.58 bits per heavy atom. The number of aryl methyl sites for hydroxylation is 1. The van der Waals surface area contributed by atoms with Crippen molar-refractivity contribution >= 4 is 5.97 Å². The third-order valence-corrected chi connectivity index (χ3v) is 3.81. The molecule has 1 fully saturated rings. The van der Waals surface area contributed by atoms with Gasteiger partial charge in [-0.3, -0.25) is 9.48 Å². The van der Waals surface area contributed by atoms with Crippen LogP contribution in [0.2, 0.25) is 0 Å². The Morgan fingerprint density at radius 3 is 2.79 bits per heavy atom. The lowest BCUT2D eigenvalue weighted by Crippen LogP contribution is -2.44. The zero-order valence-corrected chi connectivity index (χ0v) is 11.2. The lowest BCUT2D eigenvalue weighted by Gasteiger charge is -2.34. The van der Waals surface area contributed by atoms with Crippen molar-refractivity contribution in [1.29, 1.82) is 0 Å². The fourth-order valence-corrected chi connectivity index (χ4v) is 2.58. The summed E-state index contributed by atoms with van der Waals surface area (Å²) < 4.78 is 1.74. The summed E-state index contributed by atoms with van der Waals surface area (Å²) in [5.74, 6) is -1.04. The summed E-state index contributed by atoms with van der Waals surface area (Å²) >= 11 is 0. The molecule has 0 unspecified atom stereocenters. The maximum atomic E-state index is 10.9. The molecule has 6 heteroatoms. The van der Waals surface area contributed by atoms with Crippen LogP contribution >= 0.6 is 0 Å². The van der Waals surface area contributed by atoms with E-state index in [2.05, 4.69) is 10.4 Å². The highest BCUT2D eigenvalue weighted by molar-refractivity contribution is 5.70. The molecular weight excluding hydrogens is 246 g/mol. The molecule has 1 saturated carbocycles. The molecule has 2 rings (SSSR count). The number of aliphatic carboxylic acids is 1. The highest BCUT2D eigenvalue weighted by Gasteiger charge is 2.35. The van der Waals surface area contributed by atoms with E-state index in [0.717, 1.165) is 5.56 Å². The number of hydrogen-bond donors (Lipinski definition) is 3. The van der Waals surface area contributed by atoms with E-state index in [1.54, 1.807) is 10.9 Å². The van der Waals surface area contributed by atoms with Crippen LogP contribution in [-0.4, -0.2) is 38.1 Å². The molecule has 1 aliphatic rings. The maximum absolute atomic E-state index is 10.9. The molecule has 19 heavy (non-hydrogen) atoms. The van der Waals surface area contributed by atoms with E-state index in [9.17, 15) is 9.90 Å². The Hall–Kier alpha value is -1.40. The molecule has 0 bridgehead atoms. The van der Waals surface area contributed by atoms with Gasteiger partial charge in [-0.05, 0) is 25.7 Å². The summed E-state index contributed by atoms with van der Waals surface area (Å²) in [6.45, 7) is 1.16. The van der Waals surface area contributed by atoms with Gasteiger partial charge in [0.25, 0.3) is 0 Å². The number of nitrogens with zero attached hydrogens (tertiary/aromatic N) is 2. The first-order valence-electron chi connectivity index (χ1n) is 6.62. The minimum absolute atomic E-state index is 0.293. The minimum Gasteiger partial charge on any atom is -0.481 e. The van der Waals surface area contributed by atoms with Gasteiger partial charge in [0, 0.05) is 31.9 Å². The Morgan fingerprint density at radius 2 is 2.26 bits per heavy atom. The van der Waals surface area contributed by atoms with E-state index < -0.39 is 11.6 Å². The standard InChI is InChI=1S/C13H21N3O3/c1-16-8-10(7-15-16)6-14-9-13(19)4-2-11(3-5-13)12(17)18/h7-8,11,14,19H,2-6,9H2,1H3,(H,17,18). The molecule has 0 saturated heterocycles. The smallest absolute Gasteiger partial charge is 0.306 e. The quantitative estimate of drug-likeness (QED) is 0.724. The zero-order chi connectivity index (χ0) is 13.9. The predicted octanol–water partition coefficient (Wildman–Crippen LogP) is 0.516. The van der Waals surface area contributed by atoms with Crippen LogP contribution in [0, 0.1) is 5.92 Å². The molecule has 0 spiro atoms. The number of aromatic nitrogens is 2. The third-order valence-electron chi connectivity index (χ3n) is 3.81. The summed E-state index contributed by atoms with van der Waals surface area (Å²) in [6.07, 6.45) is 5.92. The Kier molecular flexibility index (Phi) is 4.21. The first-order valence-corrected chi connectivity index (χ1v) is 6.62. The topological polar surface area (TPSA) is 87.4 Å². The van der Waals surface area contributed by atoms with E-state index in [0.29, 0.717) is 38.8 Å². The van der Waals surface area contributed by atoms with Crippen molar-refractivity contribution in [3.63, 3.8) is 0 Å². The van der Waals surface area contributed by atoms with Gasteiger partial charge in [0.15, 0.2) is 0 Å². The van der Waals surface area contributed by atoms with Crippen LogP contribution in [-0.2, 0) is 18.4 Å². The van der Waals surface area contributed by atoms with Gasteiger partial charge in [0.2, 0.25) is 0 Å². The summed E-state index contributed by atoms with van der Waals surface area (Å²) in [5.41, 5.74) is 0.305. The van der Waals surface area contributed by atoms with E-state index in [1.165, 1.54) is 0 Å². The Bertz CT molecular complexity index is 436. The molecule has 1 heterocycles. The van der Waals surface area contributed by atoms with Crippen LogP contribution in [0.25, 0.3) is 0 Å². The molecule has 106 valence electrons. The Labute approximate surface area is 112 Å². The van der Waals surface area contributed by atoms with E-state index >= 15 is 0 Å². The first-order chi connectivity index (χ1) is 8.98. The molecule has 3 N–H and O–H groups in total. The molecule has 0 aliphatic heterocycles. The van der Waals surface area contributed by atoms with Gasteiger partial charge < -0.3 is 15.5 Å². The number of hydrogen-bond acceptors (Lipinski definition) is 4. The van der Waals surface area contributed by atoms with Gasteiger partial charge in [0.1, 0.15) is 0 Å². The van der Waals surface area contributed by atoms with Crippen molar-refractivity contribution < 1.29 is 15.0 Å². The fourth-order valence-electron chi connectivity index (χ4n) is 2.58. The van der Waals surface area contributed by atoms with Crippen LogP contribution in [0.5, 0.6) is 0 Å². The normalized spacial score (nSPS) is 27.4. The molecular formula is C13H21N3O3. The van der Waals surface area contributed by atoms with Crippen molar-refractivity contribution in [1.82, 2.24) is 15.1 Å². The predicted molar refractivity (Wildman–Crippen MR) is 69.5 cm³/mol. The average Bonchev–Trinajstić information content (AvgIpc) is 2.75. The number of aliphatic hydroxyl groups is 1.